The zero-order chi connectivity index (χ0) is 26.5. The highest BCUT2D eigenvalue weighted by atomic mass is 35.5. The lowest BCUT2D eigenvalue weighted by Gasteiger charge is -2.20. The Labute approximate surface area is 224 Å². The molecule has 3 N–H and O–H groups in total. The molecular formula is C28H27Cl2N5O2. The number of aliphatic hydroxyl groups is 1. The van der Waals surface area contributed by atoms with Crippen molar-refractivity contribution in [2.75, 3.05) is 5.32 Å². The molecule has 0 spiro atoms. The van der Waals surface area contributed by atoms with E-state index in [1.165, 1.54) is 0 Å². The molecule has 7 nitrogen and oxygen atoms in total. The first-order chi connectivity index (χ1) is 17.5. The minimum absolute atomic E-state index is 0.227. The number of nitrogens with one attached hydrogen (secondary N) is 2. The van der Waals surface area contributed by atoms with Gasteiger partial charge in [0.2, 0.25) is 0 Å². The molecule has 2 aromatic carbocycles. The number of aromatic nitrogens is 4. The number of pyridine rings is 2. The third-order valence-electron chi connectivity index (χ3n) is 6.22. The van der Waals surface area contributed by atoms with Gasteiger partial charge >= 0.3 is 0 Å². The van der Waals surface area contributed by atoms with Gasteiger partial charge in [-0.05, 0) is 61.2 Å². The minimum atomic E-state index is -1.10. The summed E-state index contributed by atoms with van der Waals surface area (Å²) in [6, 6.07) is 11.0. The van der Waals surface area contributed by atoms with Crippen molar-refractivity contribution in [1.82, 2.24) is 19.7 Å². The van der Waals surface area contributed by atoms with Crippen LogP contribution in [0, 0.1) is 5.92 Å². The highest BCUT2D eigenvalue weighted by Gasteiger charge is 2.21. The maximum atomic E-state index is 13.1. The van der Waals surface area contributed by atoms with Crippen LogP contribution in [0.25, 0.3) is 32.8 Å². The van der Waals surface area contributed by atoms with Crippen LogP contribution < -0.4 is 10.9 Å². The number of benzene rings is 2. The molecule has 190 valence electrons. The molecule has 0 saturated carbocycles. The summed E-state index contributed by atoms with van der Waals surface area (Å²) in [7, 11) is 0. The molecule has 0 amide bonds. The van der Waals surface area contributed by atoms with Crippen molar-refractivity contribution in [3.8, 4) is 11.1 Å². The third kappa shape index (κ3) is 4.94. The molecule has 0 aliphatic heterocycles. The Bertz CT molecular complexity index is 1680. The molecule has 3 heterocycles. The molecule has 5 aromatic rings. The number of H-pyrrole nitrogens is 1. The molecule has 0 aliphatic rings. The van der Waals surface area contributed by atoms with Crippen LogP contribution >= 0.6 is 23.2 Å². The van der Waals surface area contributed by atoms with E-state index in [4.69, 9.17) is 28.2 Å². The van der Waals surface area contributed by atoms with Crippen LogP contribution in [0.5, 0.6) is 0 Å². The largest absolute Gasteiger partial charge is 0.386 e. The van der Waals surface area contributed by atoms with Gasteiger partial charge in [0.25, 0.3) is 5.56 Å². The van der Waals surface area contributed by atoms with Gasteiger partial charge in [0.05, 0.1) is 38.4 Å². The second kappa shape index (κ2) is 9.49. The Morgan fingerprint density at radius 1 is 1.08 bits per heavy atom. The van der Waals surface area contributed by atoms with Crippen LogP contribution in [0.4, 0.5) is 11.5 Å². The monoisotopic (exact) mass is 535 g/mol. The summed E-state index contributed by atoms with van der Waals surface area (Å²) in [6.07, 6.45) is 5.43. The molecule has 0 aliphatic carbocycles. The van der Waals surface area contributed by atoms with Crippen LogP contribution in [0.3, 0.4) is 0 Å². The maximum Gasteiger partial charge on any atom is 0.256 e. The van der Waals surface area contributed by atoms with Crippen LogP contribution in [0.2, 0.25) is 10.0 Å². The average molecular weight is 536 g/mol. The van der Waals surface area contributed by atoms with Crippen molar-refractivity contribution < 1.29 is 5.11 Å². The van der Waals surface area contributed by atoms with E-state index < -0.39 is 5.60 Å². The highest BCUT2D eigenvalue weighted by molar-refractivity contribution is 6.39. The fraction of sp³-hybridized carbons (Fsp3) is 0.250. The van der Waals surface area contributed by atoms with Crippen LogP contribution in [0.1, 0.15) is 33.3 Å². The number of aromatic amines is 1. The fourth-order valence-electron chi connectivity index (χ4n) is 4.38. The lowest BCUT2D eigenvalue weighted by molar-refractivity contribution is 0.0786. The summed E-state index contributed by atoms with van der Waals surface area (Å²) < 4.78 is 1.93. The normalized spacial score (nSPS) is 12.1. The number of hydrogen-bond donors (Lipinski definition) is 3. The van der Waals surface area contributed by atoms with Gasteiger partial charge in [0.15, 0.2) is 0 Å². The Morgan fingerprint density at radius 3 is 2.49 bits per heavy atom. The fourth-order valence-corrected chi connectivity index (χ4v) is 4.96. The summed E-state index contributed by atoms with van der Waals surface area (Å²) >= 11 is 13.1. The first kappa shape index (κ1) is 25.3. The number of halogens is 2. The number of fused-ring (bicyclic) bond motifs is 3. The number of hydrogen-bond acceptors (Lipinski definition) is 5. The molecule has 0 saturated heterocycles. The molecular weight excluding hydrogens is 509 g/mol. The van der Waals surface area contributed by atoms with E-state index in [1.54, 1.807) is 38.2 Å². The van der Waals surface area contributed by atoms with Gasteiger partial charge < -0.3 is 15.4 Å². The van der Waals surface area contributed by atoms with E-state index in [-0.39, 0.29) is 5.56 Å². The molecule has 0 fully saturated rings. The van der Waals surface area contributed by atoms with Gasteiger partial charge in [-0.25, -0.2) is 4.98 Å². The maximum absolute atomic E-state index is 13.1. The van der Waals surface area contributed by atoms with Crippen LogP contribution in [-0.2, 0) is 12.1 Å². The SMILES string of the molecule is CC(C)Cn1cc(-c2ccc3nc(Nc4c(Cl)cc(C(C)(C)O)cc4Cl)c4cc[nH]c(=O)c4c3c2)cn1. The molecule has 9 heteroatoms. The molecule has 0 unspecified atom stereocenters. The Kier molecular flexibility index (Phi) is 6.48. The quantitative estimate of drug-likeness (QED) is 0.206. The second-order valence-corrected chi connectivity index (χ2v) is 10.9. The van der Waals surface area contributed by atoms with Crippen molar-refractivity contribution in [1.29, 1.82) is 0 Å². The molecule has 0 atom stereocenters. The Morgan fingerprint density at radius 2 is 1.81 bits per heavy atom. The van der Waals surface area contributed by atoms with E-state index in [0.29, 0.717) is 49.3 Å². The summed E-state index contributed by atoms with van der Waals surface area (Å²) in [6.45, 7) is 8.45. The highest BCUT2D eigenvalue weighted by Crippen LogP contribution is 2.39. The van der Waals surface area contributed by atoms with E-state index in [0.717, 1.165) is 23.1 Å². The zero-order valence-electron chi connectivity index (χ0n) is 20.9. The second-order valence-electron chi connectivity index (χ2n) is 10.1. The Hall–Kier alpha value is -3.39. The van der Waals surface area contributed by atoms with Gasteiger partial charge in [0, 0.05) is 35.3 Å². The molecule has 37 heavy (non-hydrogen) atoms. The minimum Gasteiger partial charge on any atom is -0.386 e. The van der Waals surface area contributed by atoms with Gasteiger partial charge in [-0.1, -0.05) is 43.1 Å². The predicted octanol–water partition coefficient (Wildman–Crippen LogP) is 6.87. The lowest BCUT2D eigenvalue weighted by Crippen LogP contribution is -2.15. The van der Waals surface area contributed by atoms with Crippen molar-refractivity contribution in [3.05, 3.63) is 81.0 Å². The van der Waals surface area contributed by atoms with E-state index in [2.05, 4.69) is 29.2 Å². The van der Waals surface area contributed by atoms with E-state index in [1.807, 2.05) is 35.3 Å². The summed E-state index contributed by atoms with van der Waals surface area (Å²) in [5, 5.41) is 20.6. The molecule has 3 aromatic heterocycles. The topological polar surface area (TPSA) is 95.8 Å². The molecule has 5 rings (SSSR count). The van der Waals surface area contributed by atoms with E-state index in [9.17, 15) is 9.90 Å². The summed E-state index contributed by atoms with van der Waals surface area (Å²) in [5.41, 5.74) is 2.26. The van der Waals surface area contributed by atoms with Gasteiger partial charge in [-0.3, -0.25) is 9.48 Å². The van der Waals surface area contributed by atoms with Crippen molar-refractivity contribution in [2.24, 2.45) is 5.92 Å². The summed E-state index contributed by atoms with van der Waals surface area (Å²) in [5.74, 6) is 0.932. The molecule has 0 bridgehead atoms. The van der Waals surface area contributed by atoms with Crippen molar-refractivity contribution in [2.45, 2.75) is 39.8 Å². The average Bonchev–Trinajstić information content (AvgIpc) is 3.28. The lowest BCUT2D eigenvalue weighted by atomic mass is 9.98. The van der Waals surface area contributed by atoms with Gasteiger partial charge in [-0.15, -0.1) is 0 Å². The van der Waals surface area contributed by atoms with Gasteiger partial charge in [-0.2, -0.15) is 5.10 Å². The van der Waals surface area contributed by atoms with Crippen molar-refractivity contribution >= 4 is 56.4 Å². The number of nitrogens with zero attached hydrogens (tertiary/aromatic N) is 3. The standard InChI is InChI=1S/C28H27Cl2N5O2/c1-15(2)13-35-14-17(12-32-35)16-5-6-23-20(9-16)24-19(7-8-31-27(24)36)26(33-23)34-25-21(29)10-18(11-22(25)30)28(3,4)37/h5-12,14-15,37H,13H2,1-4H3,(H,31,36)(H,33,34). The first-order valence-electron chi connectivity index (χ1n) is 12.0. The summed E-state index contributed by atoms with van der Waals surface area (Å²) in [4.78, 5) is 20.7. The van der Waals surface area contributed by atoms with Crippen LogP contribution in [0.15, 0.2) is 59.8 Å². The van der Waals surface area contributed by atoms with E-state index >= 15 is 0 Å². The first-order valence-corrected chi connectivity index (χ1v) is 12.7. The van der Waals surface area contributed by atoms with Crippen LogP contribution in [-0.4, -0.2) is 24.9 Å². The zero-order valence-corrected chi connectivity index (χ0v) is 22.4. The predicted molar refractivity (Wildman–Crippen MR) is 151 cm³/mol. The number of rotatable bonds is 6. The smallest absolute Gasteiger partial charge is 0.256 e. The third-order valence-corrected chi connectivity index (χ3v) is 6.82. The van der Waals surface area contributed by atoms with Gasteiger partial charge in [0.1, 0.15) is 5.82 Å². The Balaban J connectivity index is 1.64. The van der Waals surface area contributed by atoms with Crippen molar-refractivity contribution in [3.63, 3.8) is 0 Å². The molecule has 0 radical (unpaired) electrons. The number of anilines is 2.